The van der Waals surface area contributed by atoms with Crippen LogP contribution in [-0.2, 0) is 6.54 Å². The number of piperazine rings is 1. The molecule has 2 aliphatic rings. The summed E-state index contributed by atoms with van der Waals surface area (Å²) in [5.41, 5.74) is 2.10. The van der Waals surface area contributed by atoms with E-state index < -0.39 is 0 Å². The van der Waals surface area contributed by atoms with Gasteiger partial charge < -0.3 is 5.32 Å². The lowest BCUT2D eigenvalue weighted by molar-refractivity contribution is 0.0217. The van der Waals surface area contributed by atoms with Crippen molar-refractivity contribution in [3.8, 4) is 0 Å². The Morgan fingerprint density at radius 2 is 1.79 bits per heavy atom. The van der Waals surface area contributed by atoms with Crippen molar-refractivity contribution >= 4 is 0 Å². The summed E-state index contributed by atoms with van der Waals surface area (Å²) in [6.07, 6.45) is 5.50. The smallest absolute Gasteiger partial charge is 0.0309 e. The van der Waals surface area contributed by atoms with Gasteiger partial charge in [-0.1, -0.05) is 43.2 Å². The first kappa shape index (κ1) is 13.1. The first-order chi connectivity index (χ1) is 9.10. The Morgan fingerprint density at radius 1 is 1.11 bits per heavy atom. The minimum absolute atomic E-state index is 0.254. The maximum Gasteiger partial charge on any atom is 0.0309 e. The van der Waals surface area contributed by atoms with Crippen LogP contribution in [0.3, 0.4) is 0 Å². The molecule has 19 heavy (non-hydrogen) atoms. The minimum Gasteiger partial charge on any atom is -0.308 e. The molecule has 1 aliphatic heterocycles. The van der Waals surface area contributed by atoms with Gasteiger partial charge in [-0.15, -0.1) is 0 Å². The molecule has 2 fully saturated rings. The summed E-state index contributed by atoms with van der Waals surface area (Å²) in [5, 5.41) is 3.86. The Bertz CT molecular complexity index is 418. The van der Waals surface area contributed by atoms with Crippen LogP contribution in [0.5, 0.6) is 0 Å². The molecule has 0 aromatic heterocycles. The van der Waals surface area contributed by atoms with E-state index in [0.717, 1.165) is 13.1 Å². The van der Waals surface area contributed by atoms with Crippen LogP contribution in [0.15, 0.2) is 30.3 Å². The zero-order valence-corrected chi connectivity index (χ0v) is 12.3. The fourth-order valence-electron chi connectivity index (χ4n) is 3.61. The second kappa shape index (κ2) is 4.92. The molecule has 2 nitrogen and oxygen atoms in total. The highest BCUT2D eigenvalue weighted by molar-refractivity contribution is 5.16. The second-order valence-corrected chi connectivity index (χ2v) is 7.00. The highest BCUT2D eigenvalue weighted by Gasteiger charge is 2.43. The van der Waals surface area contributed by atoms with Crippen molar-refractivity contribution in [2.45, 2.75) is 57.2 Å². The highest BCUT2D eigenvalue weighted by atomic mass is 15.3. The van der Waals surface area contributed by atoms with Crippen molar-refractivity contribution in [2.75, 3.05) is 13.1 Å². The van der Waals surface area contributed by atoms with E-state index in [0.29, 0.717) is 5.54 Å². The number of nitrogens with one attached hydrogen (secondary N) is 1. The average molecular weight is 258 g/mol. The number of nitrogens with zero attached hydrogens (tertiary/aromatic N) is 1. The Morgan fingerprint density at radius 3 is 2.47 bits per heavy atom. The van der Waals surface area contributed by atoms with Gasteiger partial charge in [-0.2, -0.15) is 0 Å². The van der Waals surface area contributed by atoms with Gasteiger partial charge in [0, 0.05) is 30.7 Å². The van der Waals surface area contributed by atoms with Gasteiger partial charge >= 0.3 is 0 Å². The predicted octanol–water partition coefficient (Wildman–Crippen LogP) is 3.18. The minimum atomic E-state index is 0.254. The Labute approximate surface area is 117 Å². The lowest BCUT2D eigenvalue weighted by Gasteiger charge is -2.51. The normalized spacial score (nSPS) is 25.8. The SMILES string of the molecule is CC1(C)CNC2(CCCC2)CN1Cc1ccccc1. The van der Waals surface area contributed by atoms with Crippen molar-refractivity contribution < 1.29 is 0 Å². The van der Waals surface area contributed by atoms with E-state index in [1.54, 1.807) is 0 Å². The summed E-state index contributed by atoms with van der Waals surface area (Å²) >= 11 is 0. The fraction of sp³-hybridized carbons (Fsp3) is 0.647. The van der Waals surface area contributed by atoms with Crippen molar-refractivity contribution in [3.63, 3.8) is 0 Å². The third-order valence-electron chi connectivity index (χ3n) is 5.02. The quantitative estimate of drug-likeness (QED) is 0.876. The topological polar surface area (TPSA) is 15.3 Å². The molecule has 2 heteroatoms. The Hall–Kier alpha value is -0.860. The van der Waals surface area contributed by atoms with Crippen molar-refractivity contribution in [1.82, 2.24) is 10.2 Å². The molecule has 1 aromatic rings. The molecule has 1 saturated heterocycles. The summed E-state index contributed by atoms with van der Waals surface area (Å²) in [5.74, 6) is 0. The van der Waals surface area contributed by atoms with Crippen LogP contribution >= 0.6 is 0 Å². The standard InChI is InChI=1S/C17H26N2/c1-16(2)13-18-17(10-6-7-11-17)14-19(16)12-15-8-4-3-5-9-15/h3-5,8-9,18H,6-7,10-14H2,1-2H3. The van der Waals surface area contributed by atoms with E-state index in [9.17, 15) is 0 Å². The zero-order chi connectivity index (χ0) is 13.3. The lowest BCUT2D eigenvalue weighted by atomic mass is 9.87. The van der Waals surface area contributed by atoms with Crippen LogP contribution in [-0.4, -0.2) is 29.1 Å². The van der Waals surface area contributed by atoms with E-state index in [1.807, 2.05) is 0 Å². The molecule has 1 spiro atoms. The molecule has 1 saturated carbocycles. The van der Waals surface area contributed by atoms with Gasteiger partial charge in [-0.3, -0.25) is 4.90 Å². The molecule has 0 radical (unpaired) electrons. The first-order valence-corrected chi connectivity index (χ1v) is 7.64. The maximum absolute atomic E-state index is 3.86. The largest absolute Gasteiger partial charge is 0.308 e. The van der Waals surface area contributed by atoms with E-state index in [2.05, 4.69) is 54.4 Å². The Balaban J connectivity index is 1.76. The number of rotatable bonds is 2. The monoisotopic (exact) mass is 258 g/mol. The van der Waals surface area contributed by atoms with Crippen molar-refractivity contribution in [2.24, 2.45) is 0 Å². The number of hydrogen-bond donors (Lipinski definition) is 1. The first-order valence-electron chi connectivity index (χ1n) is 7.64. The molecule has 0 amide bonds. The van der Waals surface area contributed by atoms with Gasteiger partial charge in [-0.25, -0.2) is 0 Å². The molecule has 1 N–H and O–H groups in total. The number of hydrogen-bond acceptors (Lipinski definition) is 2. The summed E-state index contributed by atoms with van der Waals surface area (Å²) in [7, 11) is 0. The van der Waals surface area contributed by atoms with Crippen LogP contribution < -0.4 is 5.32 Å². The second-order valence-electron chi connectivity index (χ2n) is 7.00. The molecule has 104 valence electrons. The predicted molar refractivity (Wildman–Crippen MR) is 80.1 cm³/mol. The summed E-state index contributed by atoms with van der Waals surface area (Å²) in [6.45, 7) is 8.13. The zero-order valence-electron chi connectivity index (χ0n) is 12.3. The summed E-state index contributed by atoms with van der Waals surface area (Å²) in [4.78, 5) is 2.68. The summed E-state index contributed by atoms with van der Waals surface area (Å²) in [6, 6.07) is 10.9. The van der Waals surface area contributed by atoms with E-state index >= 15 is 0 Å². The van der Waals surface area contributed by atoms with Gasteiger partial charge in [-0.05, 0) is 32.3 Å². The molecular weight excluding hydrogens is 232 g/mol. The van der Waals surface area contributed by atoms with Crippen molar-refractivity contribution in [3.05, 3.63) is 35.9 Å². The van der Waals surface area contributed by atoms with Crippen LogP contribution in [0.2, 0.25) is 0 Å². The molecule has 3 rings (SSSR count). The highest BCUT2D eigenvalue weighted by Crippen LogP contribution is 2.36. The van der Waals surface area contributed by atoms with Crippen LogP contribution in [0.1, 0.15) is 45.1 Å². The molecule has 1 heterocycles. The molecule has 1 aliphatic carbocycles. The van der Waals surface area contributed by atoms with E-state index in [1.165, 1.54) is 37.8 Å². The van der Waals surface area contributed by atoms with Crippen molar-refractivity contribution in [1.29, 1.82) is 0 Å². The fourth-order valence-corrected chi connectivity index (χ4v) is 3.61. The molecule has 0 atom stereocenters. The van der Waals surface area contributed by atoms with Crippen LogP contribution in [0.4, 0.5) is 0 Å². The summed E-state index contributed by atoms with van der Waals surface area (Å²) < 4.78 is 0. The average Bonchev–Trinajstić information content (AvgIpc) is 2.85. The van der Waals surface area contributed by atoms with Gasteiger partial charge in [0.1, 0.15) is 0 Å². The molecule has 1 aromatic carbocycles. The number of benzene rings is 1. The molecule has 0 bridgehead atoms. The maximum atomic E-state index is 3.86. The van der Waals surface area contributed by atoms with Crippen LogP contribution in [0.25, 0.3) is 0 Å². The van der Waals surface area contributed by atoms with Gasteiger partial charge in [0.25, 0.3) is 0 Å². The van der Waals surface area contributed by atoms with Gasteiger partial charge in [0.2, 0.25) is 0 Å². The van der Waals surface area contributed by atoms with E-state index in [-0.39, 0.29) is 5.54 Å². The third-order valence-corrected chi connectivity index (χ3v) is 5.02. The molecule has 0 unspecified atom stereocenters. The van der Waals surface area contributed by atoms with Gasteiger partial charge in [0.05, 0.1) is 0 Å². The third kappa shape index (κ3) is 2.70. The lowest BCUT2D eigenvalue weighted by Crippen LogP contribution is -2.66. The Kier molecular flexibility index (Phi) is 3.40. The van der Waals surface area contributed by atoms with Gasteiger partial charge in [0.15, 0.2) is 0 Å². The molecular formula is C17H26N2. The van der Waals surface area contributed by atoms with Crippen LogP contribution in [0, 0.1) is 0 Å². The van der Waals surface area contributed by atoms with E-state index in [4.69, 9.17) is 0 Å².